The number of nitrogens with two attached hydrogens (primary N) is 1. The van der Waals surface area contributed by atoms with Crippen molar-refractivity contribution >= 4 is 46.3 Å². The van der Waals surface area contributed by atoms with Crippen LogP contribution in [0.5, 0.6) is 0 Å². The van der Waals surface area contributed by atoms with Gasteiger partial charge in [-0.3, -0.25) is 4.68 Å². The third-order valence-electron chi connectivity index (χ3n) is 9.55. The third kappa shape index (κ3) is 6.03. The molecule has 47 heavy (non-hydrogen) atoms. The third-order valence-corrected chi connectivity index (χ3v) is 10.0. The van der Waals surface area contributed by atoms with Crippen LogP contribution in [-0.2, 0) is 9.47 Å². The molecule has 1 atom stereocenters. The van der Waals surface area contributed by atoms with Gasteiger partial charge in [-0.25, -0.2) is 9.59 Å². The molecule has 4 heterocycles. The second-order valence-electron chi connectivity index (χ2n) is 15.6. The predicted molar refractivity (Wildman–Crippen MR) is 184 cm³/mol. The molecule has 2 aromatic heterocycles. The Morgan fingerprint density at radius 1 is 1.04 bits per heavy atom. The zero-order chi connectivity index (χ0) is 34.2. The number of carbonyl (C=O) groups excluding carboxylic acids is 2. The summed E-state index contributed by atoms with van der Waals surface area (Å²) >= 11 is 7.21. The molecule has 3 N–H and O–H groups in total. The molecular weight excluding hydrogens is 620 g/mol. The first-order valence-electron chi connectivity index (χ1n) is 16.7. The summed E-state index contributed by atoms with van der Waals surface area (Å²) in [6, 6.07) is 2.26. The SMILES string of the molecule is CCC1CNCCN1c1nn(C2CC3(C2)CN(C(=O)OC(C)(C)C)C3)c(C)c1-c1c(Cl)c(C)cc2c1c(N)nn2C(=O)OC(C)(C)C. The number of anilines is 2. The Bertz CT molecular complexity index is 1720. The van der Waals surface area contributed by atoms with Gasteiger partial charge in [0.1, 0.15) is 11.2 Å². The number of nitrogens with one attached hydrogen (secondary N) is 1. The second kappa shape index (κ2) is 11.6. The van der Waals surface area contributed by atoms with E-state index in [0.29, 0.717) is 29.0 Å². The van der Waals surface area contributed by atoms with Gasteiger partial charge in [-0.05, 0) is 86.3 Å². The van der Waals surface area contributed by atoms with Crippen LogP contribution >= 0.6 is 11.6 Å². The highest BCUT2D eigenvalue weighted by Crippen LogP contribution is 2.56. The lowest BCUT2D eigenvalue weighted by Crippen LogP contribution is -2.64. The number of nitrogen functional groups attached to an aromatic ring is 1. The summed E-state index contributed by atoms with van der Waals surface area (Å²) in [5.74, 6) is 1.06. The first kappa shape index (κ1) is 33.4. The Labute approximate surface area is 281 Å². The van der Waals surface area contributed by atoms with Crippen LogP contribution in [0.25, 0.3) is 22.0 Å². The van der Waals surface area contributed by atoms with Gasteiger partial charge in [-0.2, -0.15) is 9.78 Å². The number of amides is 1. The summed E-state index contributed by atoms with van der Waals surface area (Å²) in [6.45, 7) is 21.2. The number of likely N-dealkylation sites (tertiary alicyclic amines) is 1. The predicted octanol–water partition coefficient (Wildman–Crippen LogP) is 6.30. The average molecular weight is 669 g/mol. The Morgan fingerprint density at radius 2 is 1.68 bits per heavy atom. The zero-order valence-corrected chi connectivity index (χ0v) is 29.9. The van der Waals surface area contributed by atoms with Gasteiger partial charge < -0.3 is 30.3 Å². The molecule has 3 fully saturated rings. The molecule has 2 aliphatic heterocycles. The van der Waals surface area contributed by atoms with E-state index in [9.17, 15) is 9.59 Å². The van der Waals surface area contributed by atoms with Crippen LogP contribution in [0, 0.1) is 19.3 Å². The first-order valence-corrected chi connectivity index (χ1v) is 17.0. The number of hydrogen-bond acceptors (Lipinski definition) is 9. The van der Waals surface area contributed by atoms with Crippen LogP contribution < -0.4 is 16.0 Å². The van der Waals surface area contributed by atoms with Gasteiger partial charge in [-0.15, -0.1) is 5.10 Å². The number of benzene rings is 1. The quantitative estimate of drug-likeness (QED) is 0.329. The summed E-state index contributed by atoms with van der Waals surface area (Å²) in [6.07, 6.45) is 1.93. The molecule has 1 aliphatic carbocycles. The molecule has 1 aromatic carbocycles. The number of rotatable bonds is 4. The number of ether oxygens (including phenoxy) is 2. The largest absolute Gasteiger partial charge is 0.444 e. The van der Waals surface area contributed by atoms with E-state index < -0.39 is 17.3 Å². The maximum atomic E-state index is 13.3. The Hall–Kier alpha value is -3.51. The van der Waals surface area contributed by atoms with Gasteiger partial charge in [-0.1, -0.05) is 18.5 Å². The van der Waals surface area contributed by atoms with Crippen LogP contribution in [0.1, 0.15) is 85.0 Å². The van der Waals surface area contributed by atoms with E-state index in [1.165, 1.54) is 4.68 Å². The van der Waals surface area contributed by atoms with Crippen LogP contribution in [0.4, 0.5) is 21.2 Å². The second-order valence-corrected chi connectivity index (χ2v) is 16.0. The fraction of sp³-hybridized carbons (Fsp3) is 0.647. The Balaban J connectivity index is 1.42. The highest BCUT2D eigenvalue weighted by Gasteiger charge is 2.55. The van der Waals surface area contributed by atoms with Gasteiger partial charge in [0.05, 0.1) is 22.0 Å². The summed E-state index contributed by atoms with van der Waals surface area (Å²) in [5, 5.41) is 14.5. The number of hydrogen-bond donors (Lipinski definition) is 2. The van der Waals surface area contributed by atoms with Gasteiger partial charge in [0, 0.05) is 61.0 Å². The lowest BCUT2D eigenvalue weighted by molar-refractivity contribution is -0.0930. The van der Waals surface area contributed by atoms with Crippen LogP contribution in [0.15, 0.2) is 6.07 Å². The van der Waals surface area contributed by atoms with Crippen molar-refractivity contribution in [3.63, 3.8) is 0 Å². The molecule has 1 saturated carbocycles. The van der Waals surface area contributed by atoms with E-state index in [-0.39, 0.29) is 29.4 Å². The Morgan fingerprint density at radius 3 is 2.30 bits per heavy atom. The molecule has 3 aliphatic rings. The molecule has 256 valence electrons. The lowest BCUT2D eigenvalue weighted by Gasteiger charge is -2.58. The number of carbonyl (C=O) groups is 2. The van der Waals surface area contributed by atoms with Crippen molar-refractivity contribution in [2.75, 3.05) is 43.4 Å². The van der Waals surface area contributed by atoms with Gasteiger partial charge >= 0.3 is 12.2 Å². The maximum Gasteiger partial charge on any atom is 0.435 e. The molecular formula is C34H49ClN8O4. The lowest BCUT2D eigenvalue weighted by atomic mass is 9.61. The molecule has 2 saturated heterocycles. The molecule has 0 radical (unpaired) electrons. The smallest absolute Gasteiger partial charge is 0.435 e. The van der Waals surface area contributed by atoms with E-state index in [1.807, 2.05) is 54.5 Å². The molecule has 13 heteroatoms. The van der Waals surface area contributed by atoms with Crippen molar-refractivity contribution in [1.82, 2.24) is 29.8 Å². The van der Waals surface area contributed by atoms with Crippen molar-refractivity contribution in [2.45, 2.75) is 105 Å². The van der Waals surface area contributed by atoms with E-state index in [4.69, 9.17) is 31.9 Å². The zero-order valence-electron chi connectivity index (χ0n) is 29.2. The fourth-order valence-electron chi connectivity index (χ4n) is 7.44. The molecule has 3 aromatic rings. The van der Waals surface area contributed by atoms with Crippen molar-refractivity contribution in [3.8, 4) is 11.1 Å². The monoisotopic (exact) mass is 668 g/mol. The summed E-state index contributed by atoms with van der Waals surface area (Å²) < 4.78 is 14.7. The number of aryl methyl sites for hydroxylation is 1. The minimum absolute atomic E-state index is 0.0779. The van der Waals surface area contributed by atoms with Gasteiger partial charge in [0.25, 0.3) is 0 Å². The van der Waals surface area contributed by atoms with Gasteiger partial charge in [0.2, 0.25) is 0 Å². The topological polar surface area (TPSA) is 133 Å². The number of aromatic nitrogens is 4. The maximum absolute atomic E-state index is 13.3. The van der Waals surface area contributed by atoms with Crippen molar-refractivity contribution < 1.29 is 19.1 Å². The number of piperazine rings is 1. The molecule has 6 rings (SSSR count). The molecule has 12 nitrogen and oxygen atoms in total. The number of nitrogens with zero attached hydrogens (tertiary/aromatic N) is 6. The normalized spacial score (nSPS) is 20.0. The molecule has 1 unspecified atom stereocenters. The fourth-order valence-corrected chi connectivity index (χ4v) is 7.68. The van der Waals surface area contributed by atoms with Crippen molar-refractivity contribution in [1.29, 1.82) is 0 Å². The van der Waals surface area contributed by atoms with E-state index >= 15 is 0 Å². The summed E-state index contributed by atoms with van der Waals surface area (Å²) in [4.78, 5) is 30.1. The van der Waals surface area contributed by atoms with E-state index in [1.54, 1.807) is 4.90 Å². The molecule has 1 spiro atoms. The van der Waals surface area contributed by atoms with Gasteiger partial charge in [0.15, 0.2) is 11.6 Å². The summed E-state index contributed by atoms with van der Waals surface area (Å²) in [5.41, 5.74) is 9.43. The number of fused-ring (bicyclic) bond motifs is 1. The number of halogens is 1. The standard InChI is InChI=1S/C34H49ClN8O4/c1-10-21-16-37-11-12-41(21)29-24(20(3)42(39-29)22-14-34(15-22)17-40(18-34)30(44)46-32(4,5)6)26-25-23(13-19(2)27(26)35)43(38-28(25)36)31(45)47-33(7,8)9/h13,21-22,37H,10-12,14-18H2,1-9H3,(H2,36,38). The van der Waals surface area contributed by atoms with E-state index in [2.05, 4.69) is 33.8 Å². The minimum atomic E-state index is -0.707. The Kier molecular flexibility index (Phi) is 8.22. The molecule has 0 bridgehead atoms. The van der Waals surface area contributed by atoms with Crippen molar-refractivity contribution in [2.24, 2.45) is 5.41 Å². The molecule has 1 amide bonds. The van der Waals surface area contributed by atoms with Crippen LogP contribution in [0.3, 0.4) is 0 Å². The first-order chi connectivity index (χ1) is 21.9. The van der Waals surface area contributed by atoms with E-state index in [0.717, 1.165) is 67.1 Å². The van der Waals surface area contributed by atoms with Crippen LogP contribution in [0.2, 0.25) is 5.02 Å². The average Bonchev–Trinajstić information content (AvgIpc) is 3.42. The van der Waals surface area contributed by atoms with Crippen molar-refractivity contribution in [3.05, 3.63) is 22.3 Å². The highest BCUT2D eigenvalue weighted by molar-refractivity contribution is 6.36. The highest BCUT2D eigenvalue weighted by atomic mass is 35.5. The minimum Gasteiger partial charge on any atom is -0.444 e. The van der Waals surface area contributed by atoms with Crippen LogP contribution in [-0.4, -0.2) is 86.6 Å². The summed E-state index contributed by atoms with van der Waals surface area (Å²) in [7, 11) is 0.